The molecule has 1 aliphatic heterocycles. The number of methoxy groups -OCH3 is 1. The number of hydrogen-bond donors (Lipinski definition) is 1. The number of rotatable bonds is 4. The molecular weight excluding hydrogens is 238 g/mol. The van der Waals surface area contributed by atoms with E-state index in [2.05, 4.69) is 9.88 Å². The fourth-order valence-electron chi connectivity index (χ4n) is 3.50. The van der Waals surface area contributed by atoms with E-state index < -0.39 is 0 Å². The van der Waals surface area contributed by atoms with Crippen LogP contribution in [-0.2, 0) is 24.2 Å². The van der Waals surface area contributed by atoms with Crippen LogP contribution in [0.4, 0.5) is 0 Å². The van der Waals surface area contributed by atoms with E-state index in [1.54, 1.807) is 7.11 Å². The lowest BCUT2D eigenvalue weighted by atomic mass is 9.88. The normalized spacial score (nSPS) is 20.5. The molecule has 0 spiro atoms. The molecule has 0 aromatic carbocycles. The summed E-state index contributed by atoms with van der Waals surface area (Å²) in [4.78, 5) is 4.97. The number of aromatic nitrogens is 2. The van der Waals surface area contributed by atoms with Gasteiger partial charge in [-0.3, -0.25) is 0 Å². The lowest BCUT2D eigenvalue weighted by molar-refractivity contribution is 0.184. The number of nitrogens with zero attached hydrogens (tertiary/aromatic N) is 2. The van der Waals surface area contributed by atoms with Crippen molar-refractivity contribution in [1.82, 2.24) is 14.9 Å². The second kappa shape index (κ2) is 6.06. The van der Waals surface area contributed by atoms with Crippen molar-refractivity contribution in [1.29, 1.82) is 0 Å². The summed E-state index contributed by atoms with van der Waals surface area (Å²) >= 11 is 0. The summed E-state index contributed by atoms with van der Waals surface area (Å²) in [6, 6.07) is 0. The summed E-state index contributed by atoms with van der Waals surface area (Å²) < 4.78 is 7.75. The van der Waals surface area contributed by atoms with Crippen LogP contribution in [0.5, 0.6) is 0 Å². The van der Waals surface area contributed by atoms with Crippen LogP contribution in [0.25, 0.3) is 0 Å². The highest BCUT2D eigenvalue weighted by atomic mass is 16.5. The lowest BCUT2D eigenvalue weighted by Crippen LogP contribution is -2.25. The molecule has 2 heterocycles. The zero-order valence-electron chi connectivity index (χ0n) is 12.0. The van der Waals surface area contributed by atoms with Crippen molar-refractivity contribution in [3.05, 3.63) is 17.2 Å². The molecule has 106 valence electrons. The van der Waals surface area contributed by atoms with E-state index in [1.807, 2.05) is 0 Å². The fraction of sp³-hybridized carbons (Fsp3) is 0.800. The third kappa shape index (κ3) is 2.70. The fourth-order valence-corrected chi connectivity index (χ4v) is 3.50. The van der Waals surface area contributed by atoms with Gasteiger partial charge in [-0.25, -0.2) is 4.98 Å². The summed E-state index contributed by atoms with van der Waals surface area (Å²) in [6.45, 7) is 3.77. The SMILES string of the molecule is COCCn1c(C2CCCCC2)nc2c1CCNC2. The molecule has 1 fully saturated rings. The van der Waals surface area contributed by atoms with Crippen molar-refractivity contribution in [3.63, 3.8) is 0 Å². The maximum absolute atomic E-state index is 5.28. The first-order valence-corrected chi connectivity index (χ1v) is 7.68. The van der Waals surface area contributed by atoms with Gasteiger partial charge in [0, 0.05) is 44.8 Å². The topological polar surface area (TPSA) is 39.1 Å². The van der Waals surface area contributed by atoms with Crippen LogP contribution < -0.4 is 5.32 Å². The van der Waals surface area contributed by atoms with Gasteiger partial charge in [-0.1, -0.05) is 19.3 Å². The molecule has 1 saturated carbocycles. The van der Waals surface area contributed by atoms with Gasteiger partial charge in [-0.05, 0) is 12.8 Å². The van der Waals surface area contributed by atoms with Crippen LogP contribution in [0, 0.1) is 0 Å². The molecule has 3 rings (SSSR count). The highest BCUT2D eigenvalue weighted by Crippen LogP contribution is 2.33. The quantitative estimate of drug-likeness (QED) is 0.905. The Morgan fingerprint density at radius 1 is 1.32 bits per heavy atom. The molecule has 4 heteroatoms. The van der Waals surface area contributed by atoms with E-state index in [4.69, 9.17) is 9.72 Å². The van der Waals surface area contributed by atoms with Crippen molar-refractivity contribution in [2.24, 2.45) is 0 Å². The number of fused-ring (bicyclic) bond motifs is 1. The Labute approximate surface area is 115 Å². The van der Waals surface area contributed by atoms with Gasteiger partial charge in [0.15, 0.2) is 0 Å². The van der Waals surface area contributed by atoms with Gasteiger partial charge in [-0.15, -0.1) is 0 Å². The van der Waals surface area contributed by atoms with Gasteiger partial charge in [-0.2, -0.15) is 0 Å². The molecular formula is C15H25N3O. The molecule has 0 atom stereocenters. The Bertz CT molecular complexity index is 421. The van der Waals surface area contributed by atoms with Crippen LogP contribution in [0.3, 0.4) is 0 Å². The average molecular weight is 263 g/mol. The van der Waals surface area contributed by atoms with Crippen molar-refractivity contribution >= 4 is 0 Å². The van der Waals surface area contributed by atoms with Gasteiger partial charge < -0.3 is 14.6 Å². The van der Waals surface area contributed by atoms with Gasteiger partial charge in [0.05, 0.1) is 12.3 Å². The van der Waals surface area contributed by atoms with E-state index in [0.717, 1.165) is 32.7 Å². The highest BCUT2D eigenvalue weighted by molar-refractivity contribution is 5.22. The zero-order chi connectivity index (χ0) is 13.1. The minimum Gasteiger partial charge on any atom is -0.383 e. The first kappa shape index (κ1) is 13.1. The van der Waals surface area contributed by atoms with E-state index in [9.17, 15) is 0 Å². The first-order chi connectivity index (χ1) is 9.40. The number of hydrogen-bond acceptors (Lipinski definition) is 3. The van der Waals surface area contributed by atoms with Crippen molar-refractivity contribution < 1.29 is 4.74 Å². The van der Waals surface area contributed by atoms with Crippen LogP contribution in [-0.4, -0.2) is 29.8 Å². The summed E-state index contributed by atoms with van der Waals surface area (Å²) in [7, 11) is 1.78. The smallest absolute Gasteiger partial charge is 0.112 e. The average Bonchev–Trinajstić information content (AvgIpc) is 2.85. The van der Waals surface area contributed by atoms with Gasteiger partial charge in [0.25, 0.3) is 0 Å². The van der Waals surface area contributed by atoms with Gasteiger partial charge >= 0.3 is 0 Å². The van der Waals surface area contributed by atoms with E-state index >= 15 is 0 Å². The molecule has 0 unspecified atom stereocenters. The predicted octanol–water partition coefficient (Wildman–Crippen LogP) is 2.22. The molecule has 19 heavy (non-hydrogen) atoms. The Hall–Kier alpha value is -0.870. The molecule has 1 N–H and O–H groups in total. The van der Waals surface area contributed by atoms with Gasteiger partial charge in [0.1, 0.15) is 5.82 Å². The maximum atomic E-state index is 5.28. The second-order valence-corrected chi connectivity index (χ2v) is 5.77. The highest BCUT2D eigenvalue weighted by Gasteiger charge is 2.25. The lowest BCUT2D eigenvalue weighted by Gasteiger charge is -2.23. The number of nitrogens with one attached hydrogen (secondary N) is 1. The van der Waals surface area contributed by atoms with Crippen molar-refractivity contribution in [2.75, 3.05) is 20.3 Å². The molecule has 1 aromatic rings. The molecule has 0 radical (unpaired) electrons. The monoisotopic (exact) mass is 263 g/mol. The minimum atomic E-state index is 0.677. The molecule has 0 bridgehead atoms. The van der Waals surface area contributed by atoms with Crippen molar-refractivity contribution in [3.8, 4) is 0 Å². The second-order valence-electron chi connectivity index (χ2n) is 5.77. The largest absolute Gasteiger partial charge is 0.383 e. The van der Waals surface area contributed by atoms with Crippen LogP contribution in [0.1, 0.15) is 55.2 Å². The van der Waals surface area contributed by atoms with Crippen LogP contribution in [0.15, 0.2) is 0 Å². The summed E-state index contributed by atoms with van der Waals surface area (Å²) in [6.07, 6.45) is 7.87. The summed E-state index contributed by atoms with van der Waals surface area (Å²) in [5.74, 6) is 2.02. The molecule has 1 aromatic heterocycles. The van der Waals surface area contributed by atoms with E-state index in [0.29, 0.717) is 5.92 Å². The Morgan fingerprint density at radius 2 is 2.16 bits per heavy atom. The van der Waals surface area contributed by atoms with E-state index in [1.165, 1.54) is 49.3 Å². The molecule has 2 aliphatic rings. The Balaban J connectivity index is 1.89. The summed E-state index contributed by atoms with van der Waals surface area (Å²) in [5.41, 5.74) is 2.74. The summed E-state index contributed by atoms with van der Waals surface area (Å²) in [5, 5.41) is 3.43. The number of ether oxygens (including phenoxy) is 1. The third-order valence-electron chi connectivity index (χ3n) is 4.51. The Morgan fingerprint density at radius 3 is 2.95 bits per heavy atom. The molecule has 1 aliphatic carbocycles. The standard InChI is InChI=1S/C15H25N3O/c1-19-10-9-18-14-7-8-16-11-13(14)17-15(18)12-5-3-2-4-6-12/h12,16H,2-11H2,1H3. The number of imidazole rings is 1. The minimum absolute atomic E-state index is 0.677. The van der Waals surface area contributed by atoms with E-state index in [-0.39, 0.29) is 0 Å². The maximum Gasteiger partial charge on any atom is 0.112 e. The zero-order valence-corrected chi connectivity index (χ0v) is 12.0. The first-order valence-electron chi connectivity index (χ1n) is 7.68. The third-order valence-corrected chi connectivity index (χ3v) is 4.51. The Kier molecular flexibility index (Phi) is 4.18. The van der Waals surface area contributed by atoms with Crippen molar-refractivity contribution in [2.45, 2.75) is 57.5 Å². The predicted molar refractivity (Wildman–Crippen MR) is 75.3 cm³/mol. The molecule has 0 amide bonds. The van der Waals surface area contributed by atoms with Crippen LogP contribution in [0.2, 0.25) is 0 Å². The van der Waals surface area contributed by atoms with Crippen LogP contribution >= 0.6 is 0 Å². The van der Waals surface area contributed by atoms with Gasteiger partial charge in [0.2, 0.25) is 0 Å². The molecule has 0 saturated heterocycles. The molecule has 4 nitrogen and oxygen atoms in total.